The van der Waals surface area contributed by atoms with E-state index in [1.165, 1.54) is 37.9 Å². The minimum absolute atomic E-state index is 0.347. The van der Waals surface area contributed by atoms with Crippen LogP contribution in [0.2, 0.25) is 0 Å². The van der Waals surface area contributed by atoms with E-state index < -0.39 is 0 Å². The average molecular weight is 247 g/mol. The topological polar surface area (TPSA) is 12.5 Å². The molecule has 18 heavy (non-hydrogen) atoms. The van der Waals surface area contributed by atoms with Crippen LogP contribution in [-0.2, 0) is 5.41 Å². The van der Waals surface area contributed by atoms with Gasteiger partial charge in [0.15, 0.2) is 0 Å². The molecule has 2 rings (SSSR count). The summed E-state index contributed by atoms with van der Waals surface area (Å²) in [4.78, 5) is 2.56. The van der Waals surface area contributed by atoms with Crippen molar-refractivity contribution in [3.63, 3.8) is 0 Å². The molecule has 0 unspecified atom stereocenters. The summed E-state index contributed by atoms with van der Waals surface area (Å²) in [5.41, 5.74) is 1.80. The second-order valence-corrected chi connectivity index (χ2v) is 5.38. The molecule has 0 N–H and O–H groups in total. The lowest BCUT2D eigenvalue weighted by Gasteiger charge is -2.30. The van der Waals surface area contributed by atoms with E-state index in [0.717, 1.165) is 12.3 Å². The molecule has 0 radical (unpaired) electrons. The third-order valence-electron chi connectivity index (χ3n) is 4.29. The first kappa shape index (κ1) is 13.4. The van der Waals surface area contributed by atoms with Gasteiger partial charge >= 0.3 is 0 Å². The number of likely N-dealkylation sites (N-methyl/N-ethyl adjacent to an activating group) is 1. The lowest BCUT2D eigenvalue weighted by Crippen LogP contribution is -2.31. The van der Waals surface area contributed by atoms with Gasteiger partial charge in [0.25, 0.3) is 0 Å². The second kappa shape index (κ2) is 5.75. The first-order chi connectivity index (χ1) is 8.74. The van der Waals surface area contributed by atoms with E-state index in [1.807, 2.05) is 6.07 Å². The van der Waals surface area contributed by atoms with Crippen LogP contribution in [0, 0.1) is 0 Å². The fourth-order valence-corrected chi connectivity index (χ4v) is 3.24. The number of hydrogen-bond donors (Lipinski definition) is 0. The number of hydrogen-bond acceptors (Lipinski definition) is 2. The van der Waals surface area contributed by atoms with Crippen LogP contribution in [0.3, 0.4) is 0 Å². The van der Waals surface area contributed by atoms with Gasteiger partial charge in [-0.25, -0.2) is 0 Å². The van der Waals surface area contributed by atoms with Gasteiger partial charge in [0, 0.05) is 12.0 Å². The van der Waals surface area contributed by atoms with Crippen LogP contribution in [0.4, 0.5) is 0 Å². The summed E-state index contributed by atoms with van der Waals surface area (Å²) in [5.74, 6) is 0.984. The monoisotopic (exact) mass is 247 g/mol. The van der Waals surface area contributed by atoms with Crippen molar-refractivity contribution in [1.29, 1.82) is 0 Å². The van der Waals surface area contributed by atoms with Crippen LogP contribution < -0.4 is 4.74 Å². The summed E-state index contributed by atoms with van der Waals surface area (Å²) in [6.07, 6.45) is 3.80. The first-order valence-electron chi connectivity index (χ1n) is 7.11. The summed E-state index contributed by atoms with van der Waals surface area (Å²) in [6, 6.07) is 8.67. The van der Waals surface area contributed by atoms with Gasteiger partial charge in [-0.05, 0) is 43.6 Å². The van der Waals surface area contributed by atoms with E-state index in [4.69, 9.17) is 4.74 Å². The van der Waals surface area contributed by atoms with Crippen molar-refractivity contribution < 1.29 is 4.74 Å². The zero-order valence-electron chi connectivity index (χ0n) is 11.9. The number of nitrogens with zero attached hydrogens (tertiary/aromatic N) is 1. The molecule has 100 valence electrons. The van der Waals surface area contributed by atoms with Gasteiger partial charge in [-0.1, -0.05) is 32.4 Å². The van der Waals surface area contributed by atoms with E-state index in [-0.39, 0.29) is 0 Å². The van der Waals surface area contributed by atoms with Gasteiger partial charge in [0.05, 0.1) is 7.11 Å². The quantitative estimate of drug-likeness (QED) is 0.790. The summed E-state index contributed by atoms with van der Waals surface area (Å²) < 4.78 is 5.38. The summed E-state index contributed by atoms with van der Waals surface area (Å²) in [7, 11) is 1.75. The highest BCUT2D eigenvalue weighted by atomic mass is 16.5. The zero-order valence-corrected chi connectivity index (χ0v) is 11.9. The molecule has 1 aliphatic heterocycles. The highest BCUT2D eigenvalue weighted by Gasteiger charge is 2.38. The Morgan fingerprint density at radius 3 is 2.78 bits per heavy atom. The maximum atomic E-state index is 5.38. The molecule has 1 aromatic carbocycles. The minimum atomic E-state index is 0.347. The smallest absolute Gasteiger partial charge is 0.119 e. The molecule has 1 heterocycles. The third-order valence-corrected chi connectivity index (χ3v) is 4.29. The van der Waals surface area contributed by atoms with Crippen molar-refractivity contribution in [2.24, 2.45) is 0 Å². The molecule has 0 saturated carbocycles. The fourth-order valence-electron chi connectivity index (χ4n) is 3.24. The van der Waals surface area contributed by atoms with Gasteiger partial charge < -0.3 is 9.64 Å². The predicted octanol–water partition coefficient (Wildman–Crippen LogP) is 3.46. The van der Waals surface area contributed by atoms with Gasteiger partial charge in [0.2, 0.25) is 0 Å². The Balaban J connectivity index is 2.29. The largest absolute Gasteiger partial charge is 0.497 e. The summed E-state index contributed by atoms with van der Waals surface area (Å²) in [6.45, 7) is 8.14. The molecule has 1 saturated heterocycles. The first-order valence-corrected chi connectivity index (χ1v) is 7.11. The highest BCUT2D eigenvalue weighted by Crippen LogP contribution is 2.39. The van der Waals surface area contributed by atoms with Crippen molar-refractivity contribution >= 4 is 0 Å². The van der Waals surface area contributed by atoms with Crippen molar-refractivity contribution in [3.8, 4) is 5.75 Å². The van der Waals surface area contributed by atoms with E-state index in [0.29, 0.717) is 5.41 Å². The van der Waals surface area contributed by atoms with Crippen LogP contribution in [0.5, 0.6) is 5.75 Å². The molecule has 0 aromatic heterocycles. The van der Waals surface area contributed by atoms with Crippen molar-refractivity contribution in [1.82, 2.24) is 4.90 Å². The summed E-state index contributed by atoms with van der Waals surface area (Å²) >= 11 is 0. The van der Waals surface area contributed by atoms with Crippen LogP contribution in [-0.4, -0.2) is 31.6 Å². The molecule has 1 atom stereocenters. The Bertz CT molecular complexity index is 390. The van der Waals surface area contributed by atoms with Crippen LogP contribution in [0.15, 0.2) is 24.3 Å². The second-order valence-electron chi connectivity index (χ2n) is 5.38. The number of likely N-dealkylation sites (tertiary alicyclic amines) is 1. The molecule has 0 aliphatic carbocycles. The summed E-state index contributed by atoms with van der Waals surface area (Å²) in [5, 5.41) is 0. The molecular weight excluding hydrogens is 222 g/mol. The maximum Gasteiger partial charge on any atom is 0.119 e. The maximum absolute atomic E-state index is 5.38. The molecule has 0 amide bonds. The Hall–Kier alpha value is -1.02. The Morgan fingerprint density at radius 2 is 2.17 bits per heavy atom. The van der Waals surface area contributed by atoms with Crippen LogP contribution in [0.1, 0.15) is 38.7 Å². The van der Waals surface area contributed by atoms with Crippen LogP contribution >= 0.6 is 0 Å². The van der Waals surface area contributed by atoms with Gasteiger partial charge in [-0.15, -0.1) is 0 Å². The van der Waals surface area contributed by atoms with E-state index in [9.17, 15) is 0 Å². The normalized spacial score (nSPS) is 24.4. The number of benzene rings is 1. The van der Waals surface area contributed by atoms with Crippen LogP contribution in [0.25, 0.3) is 0 Å². The predicted molar refractivity (Wildman–Crippen MR) is 76.3 cm³/mol. The van der Waals surface area contributed by atoms with Crippen molar-refractivity contribution in [3.05, 3.63) is 29.8 Å². The Morgan fingerprint density at radius 1 is 1.33 bits per heavy atom. The Labute approximate surface area is 111 Å². The van der Waals surface area contributed by atoms with Gasteiger partial charge in [0.1, 0.15) is 5.75 Å². The molecule has 2 nitrogen and oxygen atoms in total. The molecule has 0 bridgehead atoms. The number of methoxy groups -OCH3 is 1. The number of ether oxygens (including phenoxy) is 1. The van der Waals surface area contributed by atoms with Crippen molar-refractivity contribution in [2.75, 3.05) is 26.7 Å². The molecule has 2 heteroatoms. The SMILES string of the molecule is CCC[C@]1(c2cccc(OC)c2)CCN(CC)C1. The van der Waals surface area contributed by atoms with E-state index in [2.05, 4.69) is 36.9 Å². The van der Waals surface area contributed by atoms with Crippen molar-refractivity contribution in [2.45, 2.75) is 38.5 Å². The third kappa shape index (κ3) is 2.54. The molecule has 0 spiro atoms. The fraction of sp³-hybridized carbons (Fsp3) is 0.625. The standard InChI is InChI=1S/C16H25NO/c1-4-9-16(10-11-17(5-2)13-16)14-7-6-8-15(12-14)18-3/h6-8,12H,4-5,9-11,13H2,1-3H3/t16-/m0/s1. The van der Waals surface area contributed by atoms with E-state index >= 15 is 0 Å². The zero-order chi connectivity index (χ0) is 13.0. The highest BCUT2D eigenvalue weighted by molar-refractivity contribution is 5.35. The Kier molecular flexibility index (Phi) is 4.28. The minimum Gasteiger partial charge on any atom is -0.497 e. The molecule has 1 fully saturated rings. The molecule has 1 aliphatic rings. The molecular formula is C16H25NO. The lowest BCUT2D eigenvalue weighted by molar-refractivity contribution is 0.314. The van der Waals surface area contributed by atoms with Gasteiger partial charge in [-0.2, -0.15) is 0 Å². The average Bonchev–Trinajstić information content (AvgIpc) is 2.84. The van der Waals surface area contributed by atoms with E-state index in [1.54, 1.807) is 7.11 Å². The van der Waals surface area contributed by atoms with Gasteiger partial charge in [-0.3, -0.25) is 0 Å². The number of rotatable bonds is 5. The molecule has 1 aromatic rings. The lowest BCUT2D eigenvalue weighted by atomic mass is 9.76.